The van der Waals surface area contributed by atoms with E-state index < -0.39 is 0 Å². The summed E-state index contributed by atoms with van der Waals surface area (Å²) in [5, 5.41) is 3.29. The lowest BCUT2D eigenvalue weighted by Gasteiger charge is -2.08. The molecule has 0 aromatic heterocycles. The molecule has 3 nitrogen and oxygen atoms in total. The number of hydrogen-bond donors (Lipinski definition) is 2. The van der Waals surface area contributed by atoms with E-state index in [9.17, 15) is 4.79 Å². The Balaban J connectivity index is 3.13. The van der Waals surface area contributed by atoms with Crippen LogP contribution in [0.5, 0.6) is 0 Å². The fourth-order valence-corrected chi connectivity index (χ4v) is 1.46. The molecule has 1 aromatic carbocycles. The standard InChI is InChI=1S/C8H8Cl2N2O/c1-4(13)12-8-6(10)2-5(9)3-7(8)11/h2-3H,11H2,1H3,(H,12,13). The molecular formula is C8H8Cl2N2O. The van der Waals surface area contributed by atoms with Crippen molar-refractivity contribution in [1.29, 1.82) is 0 Å². The summed E-state index contributed by atoms with van der Waals surface area (Å²) in [5.41, 5.74) is 6.34. The van der Waals surface area contributed by atoms with Gasteiger partial charge in [0.2, 0.25) is 5.91 Å². The number of carbonyl (C=O) groups excluding carboxylic acids is 1. The summed E-state index contributed by atoms with van der Waals surface area (Å²) in [5.74, 6) is -0.226. The summed E-state index contributed by atoms with van der Waals surface area (Å²) < 4.78 is 0. The number of nitrogens with two attached hydrogens (primary N) is 1. The van der Waals surface area contributed by atoms with Crippen LogP contribution in [-0.4, -0.2) is 5.91 Å². The first kappa shape index (κ1) is 10.2. The van der Waals surface area contributed by atoms with Gasteiger partial charge in [0.25, 0.3) is 0 Å². The van der Waals surface area contributed by atoms with Crippen molar-refractivity contribution in [3.8, 4) is 0 Å². The summed E-state index contributed by atoms with van der Waals surface area (Å²) in [6.07, 6.45) is 0. The first-order valence-corrected chi connectivity index (χ1v) is 4.28. The summed E-state index contributed by atoms with van der Waals surface area (Å²) >= 11 is 11.5. The van der Waals surface area contributed by atoms with Gasteiger partial charge in [0, 0.05) is 11.9 Å². The third-order valence-corrected chi connectivity index (χ3v) is 1.90. The normalized spacial score (nSPS) is 9.77. The molecule has 1 rings (SSSR count). The highest BCUT2D eigenvalue weighted by Gasteiger charge is 2.07. The average molecular weight is 219 g/mol. The Labute approximate surface area is 85.8 Å². The highest BCUT2D eigenvalue weighted by molar-refractivity contribution is 6.37. The molecule has 3 N–H and O–H groups in total. The van der Waals surface area contributed by atoms with Crippen LogP contribution >= 0.6 is 23.2 Å². The third kappa shape index (κ3) is 2.50. The summed E-state index contributed by atoms with van der Waals surface area (Å²) in [7, 11) is 0. The topological polar surface area (TPSA) is 55.1 Å². The largest absolute Gasteiger partial charge is 0.397 e. The van der Waals surface area contributed by atoms with Gasteiger partial charge in [-0.1, -0.05) is 23.2 Å². The van der Waals surface area contributed by atoms with Crippen LogP contribution in [0.3, 0.4) is 0 Å². The molecule has 13 heavy (non-hydrogen) atoms. The zero-order chi connectivity index (χ0) is 10.0. The van der Waals surface area contributed by atoms with E-state index in [0.717, 1.165) is 0 Å². The molecule has 0 saturated carbocycles. The van der Waals surface area contributed by atoms with Crippen molar-refractivity contribution in [2.24, 2.45) is 0 Å². The van der Waals surface area contributed by atoms with Crippen molar-refractivity contribution in [1.82, 2.24) is 0 Å². The summed E-state index contributed by atoms with van der Waals surface area (Å²) in [6.45, 7) is 1.38. The third-order valence-electron chi connectivity index (χ3n) is 1.39. The van der Waals surface area contributed by atoms with Gasteiger partial charge in [-0.25, -0.2) is 0 Å². The zero-order valence-electron chi connectivity index (χ0n) is 6.90. The van der Waals surface area contributed by atoms with Gasteiger partial charge < -0.3 is 11.1 Å². The number of nitrogens with one attached hydrogen (secondary N) is 1. The zero-order valence-corrected chi connectivity index (χ0v) is 8.41. The Morgan fingerprint density at radius 2 is 2.08 bits per heavy atom. The molecule has 70 valence electrons. The van der Waals surface area contributed by atoms with Crippen molar-refractivity contribution in [2.45, 2.75) is 6.92 Å². The van der Waals surface area contributed by atoms with Crippen molar-refractivity contribution < 1.29 is 4.79 Å². The lowest BCUT2D eigenvalue weighted by Crippen LogP contribution is -2.08. The first-order chi connectivity index (χ1) is 6.00. The summed E-state index contributed by atoms with van der Waals surface area (Å²) in [4.78, 5) is 10.7. The minimum Gasteiger partial charge on any atom is -0.397 e. The van der Waals surface area contributed by atoms with Gasteiger partial charge in [-0.3, -0.25) is 4.79 Å². The minimum atomic E-state index is -0.226. The lowest BCUT2D eigenvalue weighted by molar-refractivity contribution is -0.114. The molecule has 5 heteroatoms. The van der Waals surface area contributed by atoms with E-state index in [4.69, 9.17) is 28.9 Å². The molecule has 0 fully saturated rings. The summed E-state index contributed by atoms with van der Waals surface area (Å²) in [6, 6.07) is 3.05. The second-order valence-electron chi connectivity index (χ2n) is 2.53. The van der Waals surface area contributed by atoms with Crippen LogP contribution in [0, 0.1) is 0 Å². The molecule has 0 atom stereocenters. The molecule has 0 spiro atoms. The van der Waals surface area contributed by atoms with Gasteiger partial charge >= 0.3 is 0 Å². The number of nitrogen functional groups attached to an aromatic ring is 1. The fraction of sp³-hybridized carbons (Fsp3) is 0.125. The Hall–Kier alpha value is -0.930. The number of carbonyl (C=O) groups is 1. The number of hydrogen-bond acceptors (Lipinski definition) is 2. The molecule has 0 aliphatic rings. The smallest absolute Gasteiger partial charge is 0.221 e. The van der Waals surface area contributed by atoms with Gasteiger partial charge in [0.05, 0.1) is 16.4 Å². The molecular weight excluding hydrogens is 211 g/mol. The number of anilines is 2. The molecule has 1 aromatic rings. The van der Waals surface area contributed by atoms with E-state index in [1.807, 2.05) is 0 Å². The van der Waals surface area contributed by atoms with Crippen LogP contribution in [-0.2, 0) is 4.79 Å². The fourth-order valence-electron chi connectivity index (χ4n) is 0.901. The molecule has 1 amide bonds. The van der Waals surface area contributed by atoms with Crippen LogP contribution in [0.15, 0.2) is 12.1 Å². The maximum Gasteiger partial charge on any atom is 0.221 e. The van der Waals surface area contributed by atoms with Crippen LogP contribution in [0.2, 0.25) is 10.0 Å². The highest BCUT2D eigenvalue weighted by atomic mass is 35.5. The van der Waals surface area contributed by atoms with Crippen molar-refractivity contribution in [2.75, 3.05) is 11.1 Å². The molecule has 0 saturated heterocycles. The Morgan fingerprint density at radius 3 is 2.54 bits per heavy atom. The lowest BCUT2D eigenvalue weighted by atomic mass is 10.2. The highest BCUT2D eigenvalue weighted by Crippen LogP contribution is 2.31. The van der Waals surface area contributed by atoms with Crippen LogP contribution in [0.4, 0.5) is 11.4 Å². The minimum absolute atomic E-state index is 0.226. The predicted octanol–water partition coefficient (Wildman–Crippen LogP) is 2.53. The maximum absolute atomic E-state index is 10.7. The van der Waals surface area contributed by atoms with Crippen molar-refractivity contribution in [3.05, 3.63) is 22.2 Å². The monoisotopic (exact) mass is 218 g/mol. The van der Waals surface area contributed by atoms with Gasteiger partial charge in [0.15, 0.2) is 0 Å². The van der Waals surface area contributed by atoms with Crippen LogP contribution < -0.4 is 11.1 Å². The number of benzene rings is 1. The number of rotatable bonds is 1. The van der Waals surface area contributed by atoms with Gasteiger partial charge in [-0.05, 0) is 12.1 Å². The quantitative estimate of drug-likeness (QED) is 0.713. The molecule has 0 aliphatic carbocycles. The molecule has 0 unspecified atom stereocenters. The van der Waals surface area contributed by atoms with Crippen molar-refractivity contribution in [3.63, 3.8) is 0 Å². The number of amides is 1. The molecule has 0 radical (unpaired) electrons. The second-order valence-corrected chi connectivity index (χ2v) is 3.38. The van der Waals surface area contributed by atoms with E-state index >= 15 is 0 Å². The molecule has 0 aliphatic heterocycles. The SMILES string of the molecule is CC(=O)Nc1c(N)cc(Cl)cc1Cl. The van der Waals surface area contributed by atoms with Crippen LogP contribution in [0.25, 0.3) is 0 Å². The van der Waals surface area contributed by atoms with E-state index in [-0.39, 0.29) is 5.91 Å². The first-order valence-electron chi connectivity index (χ1n) is 3.53. The second kappa shape index (κ2) is 3.85. The molecule has 0 bridgehead atoms. The van der Waals surface area contributed by atoms with E-state index in [2.05, 4.69) is 5.32 Å². The average Bonchev–Trinajstić information content (AvgIpc) is 1.96. The maximum atomic E-state index is 10.7. The Kier molecular flexibility index (Phi) is 3.01. The van der Waals surface area contributed by atoms with Gasteiger partial charge in [-0.15, -0.1) is 0 Å². The Bertz CT molecular complexity index is 329. The molecule has 0 heterocycles. The Morgan fingerprint density at radius 1 is 1.46 bits per heavy atom. The van der Waals surface area contributed by atoms with E-state index in [1.54, 1.807) is 0 Å². The van der Waals surface area contributed by atoms with Gasteiger partial charge in [-0.2, -0.15) is 0 Å². The number of halogens is 2. The van der Waals surface area contributed by atoms with Crippen molar-refractivity contribution >= 4 is 40.5 Å². The van der Waals surface area contributed by atoms with Gasteiger partial charge in [0.1, 0.15) is 0 Å². The van der Waals surface area contributed by atoms with E-state index in [1.165, 1.54) is 19.1 Å². The predicted molar refractivity (Wildman–Crippen MR) is 55.2 cm³/mol. The van der Waals surface area contributed by atoms with Crippen LogP contribution in [0.1, 0.15) is 6.92 Å². The van der Waals surface area contributed by atoms with E-state index in [0.29, 0.717) is 21.4 Å².